The quantitative estimate of drug-likeness (QED) is 0.791. The third-order valence-corrected chi connectivity index (χ3v) is 6.65. The molecule has 2 aromatic rings. The van der Waals surface area contributed by atoms with E-state index in [0.717, 1.165) is 42.1 Å². The lowest BCUT2D eigenvalue weighted by molar-refractivity contribution is -0.936. The molecule has 1 amide bonds. The summed E-state index contributed by atoms with van der Waals surface area (Å²) in [5.41, 5.74) is 4.59. The number of rotatable bonds is 3. The van der Waals surface area contributed by atoms with Crippen LogP contribution in [0.25, 0.3) is 0 Å². The average molecular weight is 357 g/mol. The van der Waals surface area contributed by atoms with Gasteiger partial charge in [0.05, 0.1) is 23.0 Å². The van der Waals surface area contributed by atoms with Gasteiger partial charge in [-0.3, -0.25) is 4.79 Å². The van der Waals surface area contributed by atoms with Crippen molar-refractivity contribution in [1.82, 2.24) is 5.32 Å². The van der Waals surface area contributed by atoms with Crippen LogP contribution in [0, 0.1) is 0 Å². The number of hydrogen-bond donors (Lipinski definition) is 3. The van der Waals surface area contributed by atoms with Crippen molar-refractivity contribution < 1.29 is 9.69 Å². The van der Waals surface area contributed by atoms with Crippen LogP contribution in [0.4, 0.5) is 5.00 Å². The number of aryl methyl sites for hydroxylation is 1. The van der Waals surface area contributed by atoms with Crippen molar-refractivity contribution in [2.45, 2.75) is 52.4 Å². The molecular weight excluding hydrogens is 330 g/mol. The van der Waals surface area contributed by atoms with Crippen molar-refractivity contribution in [2.24, 2.45) is 0 Å². The van der Waals surface area contributed by atoms with Gasteiger partial charge in [0.2, 0.25) is 0 Å². The standard InChI is InChI=1S/C20H25N3OS/c1-4-13-5-7-14(8-6-13)18-21-19(24)17-15-9-10-23(12(2)3)11-16(15)25-20(17)22-18/h5-8,12,18,22H,4,9-11H2,1-3H3,(H,21,24)/p+1/t18-/m0/s1. The Bertz CT molecular complexity index is 794. The minimum Gasteiger partial charge on any atom is -0.353 e. The van der Waals surface area contributed by atoms with Gasteiger partial charge < -0.3 is 15.5 Å². The molecule has 2 aliphatic heterocycles. The normalized spacial score (nSPS) is 22.2. The van der Waals surface area contributed by atoms with Crippen molar-refractivity contribution in [3.63, 3.8) is 0 Å². The Morgan fingerprint density at radius 1 is 1.24 bits per heavy atom. The van der Waals surface area contributed by atoms with E-state index in [1.807, 2.05) is 0 Å². The first-order chi connectivity index (χ1) is 12.1. The monoisotopic (exact) mass is 356 g/mol. The van der Waals surface area contributed by atoms with Gasteiger partial charge >= 0.3 is 0 Å². The second kappa shape index (κ2) is 6.46. The predicted molar refractivity (Wildman–Crippen MR) is 102 cm³/mol. The van der Waals surface area contributed by atoms with Crippen molar-refractivity contribution in [3.8, 4) is 0 Å². The number of nitrogens with one attached hydrogen (secondary N) is 3. The summed E-state index contributed by atoms with van der Waals surface area (Å²) in [6, 6.07) is 9.13. The molecule has 2 aliphatic rings. The molecular formula is C20H26N3OS+. The van der Waals surface area contributed by atoms with Crippen LogP contribution in [0.5, 0.6) is 0 Å². The fourth-order valence-electron chi connectivity index (χ4n) is 3.82. The number of fused-ring (bicyclic) bond motifs is 3. The van der Waals surface area contributed by atoms with Crippen molar-refractivity contribution in [1.29, 1.82) is 0 Å². The number of carbonyl (C=O) groups is 1. The van der Waals surface area contributed by atoms with Crippen LogP contribution in [-0.4, -0.2) is 18.5 Å². The summed E-state index contributed by atoms with van der Waals surface area (Å²) < 4.78 is 0. The molecule has 3 N–H and O–H groups in total. The molecule has 132 valence electrons. The van der Waals surface area contributed by atoms with Crippen molar-refractivity contribution in [2.75, 3.05) is 11.9 Å². The predicted octanol–water partition coefficient (Wildman–Crippen LogP) is 2.51. The fraction of sp³-hybridized carbons (Fsp3) is 0.450. The highest BCUT2D eigenvalue weighted by Crippen LogP contribution is 2.39. The van der Waals surface area contributed by atoms with E-state index < -0.39 is 0 Å². The number of amides is 1. The molecule has 0 saturated heterocycles. The molecule has 0 fully saturated rings. The Morgan fingerprint density at radius 2 is 2.00 bits per heavy atom. The number of benzene rings is 1. The number of thiophene rings is 1. The Kier molecular flexibility index (Phi) is 4.29. The van der Waals surface area contributed by atoms with Gasteiger partial charge in [0.15, 0.2) is 0 Å². The minimum atomic E-state index is -0.139. The van der Waals surface area contributed by atoms with Gasteiger partial charge in [-0.25, -0.2) is 0 Å². The molecule has 4 nitrogen and oxygen atoms in total. The lowest BCUT2D eigenvalue weighted by Crippen LogP contribution is -3.14. The first-order valence-electron chi connectivity index (χ1n) is 9.22. The van der Waals surface area contributed by atoms with E-state index in [0.29, 0.717) is 6.04 Å². The molecule has 1 aromatic carbocycles. The summed E-state index contributed by atoms with van der Waals surface area (Å²) in [6.07, 6.45) is 1.89. The first kappa shape index (κ1) is 16.6. The molecule has 0 aliphatic carbocycles. The highest BCUT2D eigenvalue weighted by Gasteiger charge is 2.34. The summed E-state index contributed by atoms with van der Waals surface area (Å²) in [7, 11) is 0. The molecule has 4 rings (SSSR count). The van der Waals surface area contributed by atoms with Crippen LogP contribution < -0.4 is 15.5 Å². The summed E-state index contributed by atoms with van der Waals surface area (Å²) in [5, 5.41) is 7.75. The van der Waals surface area contributed by atoms with E-state index in [1.54, 1.807) is 16.2 Å². The number of anilines is 1. The molecule has 3 heterocycles. The van der Waals surface area contributed by atoms with E-state index >= 15 is 0 Å². The maximum Gasteiger partial charge on any atom is 0.256 e. The van der Waals surface area contributed by atoms with Crippen molar-refractivity contribution >= 4 is 22.2 Å². The third kappa shape index (κ3) is 2.96. The average Bonchev–Trinajstić information content (AvgIpc) is 2.99. The minimum absolute atomic E-state index is 0.0730. The van der Waals surface area contributed by atoms with Crippen LogP contribution >= 0.6 is 11.3 Å². The van der Waals surface area contributed by atoms with E-state index in [4.69, 9.17) is 0 Å². The smallest absolute Gasteiger partial charge is 0.256 e. The van der Waals surface area contributed by atoms with Crippen LogP contribution in [0.1, 0.15) is 58.9 Å². The van der Waals surface area contributed by atoms with Crippen LogP contribution in [0.3, 0.4) is 0 Å². The van der Waals surface area contributed by atoms with Gasteiger partial charge in [0.25, 0.3) is 5.91 Å². The highest BCUT2D eigenvalue weighted by atomic mass is 32.1. The first-order valence-corrected chi connectivity index (χ1v) is 10.0. The molecule has 0 bridgehead atoms. The highest BCUT2D eigenvalue weighted by molar-refractivity contribution is 7.16. The Hall–Kier alpha value is -1.85. The Morgan fingerprint density at radius 3 is 2.68 bits per heavy atom. The SMILES string of the molecule is CCc1ccc([C@H]2NC(=O)c3c(sc4c3CC[NH+](C(C)C)C4)N2)cc1. The van der Waals surface area contributed by atoms with Gasteiger partial charge in [-0.1, -0.05) is 31.2 Å². The lowest BCUT2D eigenvalue weighted by Gasteiger charge is -2.28. The summed E-state index contributed by atoms with van der Waals surface area (Å²) in [6.45, 7) is 8.85. The van der Waals surface area contributed by atoms with Gasteiger partial charge in [-0.05, 0) is 37.0 Å². The lowest BCUT2D eigenvalue weighted by atomic mass is 9.99. The van der Waals surface area contributed by atoms with Gasteiger partial charge in [0, 0.05) is 6.42 Å². The zero-order valence-corrected chi connectivity index (χ0v) is 15.9. The molecule has 25 heavy (non-hydrogen) atoms. The van der Waals surface area contributed by atoms with Crippen LogP contribution in [0.15, 0.2) is 24.3 Å². The molecule has 1 aromatic heterocycles. The van der Waals surface area contributed by atoms with E-state index in [-0.39, 0.29) is 12.1 Å². The molecule has 0 saturated carbocycles. The summed E-state index contributed by atoms with van der Waals surface area (Å²) >= 11 is 1.78. The Labute approximate surface area is 153 Å². The maximum atomic E-state index is 12.8. The van der Waals surface area contributed by atoms with Gasteiger partial charge in [0.1, 0.15) is 17.7 Å². The zero-order valence-electron chi connectivity index (χ0n) is 15.1. The molecule has 2 atom stereocenters. The zero-order chi connectivity index (χ0) is 17.6. The number of carbonyl (C=O) groups excluding carboxylic acids is 1. The number of hydrogen-bond acceptors (Lipinski definition) is 3. The van der Waals surface area contributed by atoms with Crippen LogP contribution in [-0.2, 0) is 19.4 Å². The summed E-state index contributed by atoms with van der Waals surface area (Å²) in [5.74, 6) is 0.0730. The van der Waals surface area contributed by atoms with Crippen molar-refractivity contribution in [3.05, 3.63) is 51.4 Å². The molecule has 5 heteroatoms. The molecule has 0 spiro atoms. The number of quaternary nitrogens is 1. The second-order valence-electron chi connectivity index (χ2n) is 7.34. The molecule has 1 unspecified atom stereocenters. The fourth-order valence-corrected chi connectivity index (χ4v) is 5.14. The third-order valence-electron chi connectivity index (χ3n) is 5.49. The van der Waals surface area contributed by atoms with E-state index in [9.17, 15) is 4.79 Å². The van der Waals surface area contributed by atoms with Gasteiger partial charge in [-0.15, -0.1) is 11.3 Å². The van der Waals surface area contributed by atoms with E-state index in [2.05, 4.69) is 55.7 Å². The van der Waals surface area contributed by atoms with Gasteiger partial charge in [-0.2, -0.15) is 0 Å². The Balaban J connectivity index is 1.62. The largest absolute Gasteiger partial charge is 0.353 e. The molecule has 0 radical (unpaired) electrons. The summed E-state index contributed by atoms with van der Waals surface area (Å²) in [4.78, 5) is 15.8. The second-order valence-corrected chi connectivity index (χ2v) is 8.45. The van der Waals surface area contributed by atoms with Crippen LogP contribution in [0.2, 0.25) is 0 Å². The van der Waals surface area contributed by atoms with E-state index in [1.165, 1.54) is 16.0 Å². The maximum absolute atomic E-state index is 12.8. The topological polar surface area (TPSA) is 45.6 Å².